The third kappa shape index (κ3) is 3.08. The van der Waals surface area contributed by atoms with Crippen LogP contribution in [-0.2, 0) is 9.59 Å². The zero-order valence-electron chi connectivity index (χ0n) is 9.61. The molecule has 4 N–H and O–H groups in total. The number of carboxylic acid groups (broad SMARTS) is 1. The Morgan fingerprint density at radius 3 is 1.58 bits per heavy atom. The number of rotatable bonds is 3. The van der Waals surface area contributed by atoms with Crippen LogP contribution in [-0.4, -0.2) is 40.4 Å². The first-order valence-electron chi connectivity index (χ1n) is 4.55. The van der Waals surface area contributed by atoms with E-state index in [1.54, 1.807) is 0 Å². The Morgan fingerprint density at radius 2 is 1.37 bits per heavy atom. The highest BCUT2D eigenvalue weighted by molar-refractivity contribution is 5.92. The molecule has 0 radical (unpaired) electrons. The molecule has 0 aromatic heterocycles. The van der Waals surface area contributed by atoms with Crippen molar-refractivity contribution in [3.8, 4) is 0 Å². The number of carbonyl (C=O) groups is 2. The van der Waals surface area contributed by atoms with Gasteiger partial charge in [-0.25, -0.2) is 4.79 Å². The second kappa shape index (κ2) is 4.54. The average Bonchev–Trinajstić information content (AvgIpc) is 2.13. The van der Waals surface area contributed by atoms with E-state index in [0.717, 1.165) is 5.32 Å². The van der Waals surface area contributed by atoms with E-state index in [0.29, 0.717) is 0 Å². The van der Waals surface area contributed by atoms with Gasteiger partial charge in [-0.2, -0.15) is 26.3 Å². The first-order valence-corrected chi connectivity index (χ1v) is 4.55. The summed E-state index contributed by atoms with van der Waals surface area (Å²) in [6, 6.07) is 0. The number of carbonyl (C=O) groups excluding carboxylic acids is 1. The molecule has 2 atom stereocenters. The van der Waals surface area contributed by atoms with Gasteiger partial charge >= 0.3 is 18.3 Å². The highest BCUT2D eigenvalue weighted by Crippen LogP contribution is 2.33. The minimum atomic E-state index is -5.50. The molecule has 0 bridgehead atoms. The smallest absolute Gasteiger partial charge is 0.422 e. The zero-order valence-corrected chi connectivity index (χ0v) is 9.61. The van der Waals surface area contributed by atoms with Gasteiger partial charge in [0.15, 0.2) is 5.54 Å². The fraction of sp³-hybridized carbons (Fsp3) is 0.750. The molecule has 0 aliphatic heterocycles. The maximum absolute atomic E-state index is 12.5. The summed E-state index contributed by atoms with van der Waals surface area (Å²) in [7, 11) is 0. The van der Waals surface area contributed by atoms with Gasteiger partial charge in [-0.3, -0.25) is 4.79 Å². The van der Waals surface area contributed by atoms with Gasteiger partial charge in [0.25, 0.3) is 0 Å². The standard InChI is InChI=1S/C8H10F6N2O3/c1-5(15,7(9,10)11)3(17)16-6(2,4(18)19)8(12,13)14/h15H2,1-2H3,(H,16,17)(H,18,19). The van der Waals surface area contributed by atoms with Crippen molar-refractivity contribution < 1.29 is 41.0 Å². The van der Waals surface area contributed by atoms with Crippen LogP contribution in [0.25, 0.3) is 0 Å². The second-order valence-electron chi connectivity index (χ2n) is 4.08. The average molecular weight is 296 g/mol. The summed E-state index contributed by atoms with van der Waals surface area (Å²) in [5.41, 5.74) is -2.95. The maximum Gasteiger partial charge on any atom is 0.422 e. The van der Waals surface area contributed by atoms with Gasteiger partial charge in [0.2, 0.25) is 11.4 Å². The van der Waals surface area contributed by atoms with Crippen LogP contribution >= 0.6 is 0 Å². The van der Waals surface area contributed by atoms with E-state index in [-0.39, 0.29) is 13.8 Å². The Hall–Kier alpha value is -1.52. The van der Waals surface area contributed by atoms with E-state index >= 15 is 0 Å². The van der Waals surface area contributed by atoms with Crippen molar-refractivity contribution in [2.45, 2.75) is 37.3 Å². The molecular formula is C8H10F6N2O3. The lowest BCUT2D eigenvalue weighted by Gasteiger charge is -2.33. The molecule has 0 aromatic carbocycles. The second-order valence-corrected chi connectivity index (χ2v) is 4.08. The number of alkyl halides is 6. The quantitative estimate of drug-likeness (QED) is 0.671. The van der Waals surface area contributed by atoms with Gasteiger partial charge in [0.05, 0.1) is 0 Å². The van der Waals surface area contributed by atoms with Gasteiger partial charge in [0.1, 0.15) is 0 Å². The third-order valence-electron chi connectivity index (χ3n) is 2.42. The van der Waals surface area contributed by atoms with E-state index in [4.69, 9.17) is 5.11 Å². The SMILES string of the molecule is CC(N)(C(=O)NC(C)(C(=O)O)C(F)(F)F)C(F)(F)F. The van der Waals surface area contributed by atoms with Gasteiger partial charge < -0.3 is 16.2 Å². The number of amides is 1. The van der Waals surface area contributed by atoms with Crippen molar-refractivity contribution in [3.05, 3.63) is 0 Å². The van der Waals surface area contributed by atoms with Crippen LogP contribution in [0.1, 0.15) is 13.8 Å². The van der Waals surface area contributed by atoms with Gasteiger partial charge in [-0.15, -0.1) is 0 Å². The van der Waals surface area contributed by atoms with Gasteiger partial charge in [-0.05, 0) is 13.8 Å². The molecule has 0 saturated heterocycles. The molecule has 0 rings (SSSR count). The minimum Gasteiger partial charge on any atom is -0.479 e. The van der Waals surface area contributed by atoms with Crippen LogP contribution in [0.4, 0.5) is 26.3 Å². The molecule has 1 amide bonds. The van der Waals surface area contributed by atoms with Crippen LogP contribution in [0.5, 0.6) is 0 Å². The molecule has 0 aromatic rings. The maximum atomic E-state index is 12.5. The third-order valence-corrected chi connectivity index (χ3v) is 2.42. The summed E-state index contributed by atoms with van der Waals surface area (Å²) in [4.78, 5) is 21.7. The topological polar surface area (TPSA) is 92.4 Å². The fourth-order valence-electron chi connectivity index (χ4n) is 0.731. The minimum absolute atomic E-state index is 0.0136. The number of nitrogens with one attached hydrogen (secondary N) is 1. The molecule has 5 nitrogen and oxygen atoms in total. The van der Waals surface area contributed by atoms with Crippen molar-refractivity contribution >= 4 is 11.9 Å². The van der Waals surface area contributed by atoms with Crippen molar-refractivity contribution in [3.63, 3.8) is 0 Å². The Balaban J connectivity index is 5.45. The molecule has 0 fully saturated rings. The summed E-state index contributed by atoms with van der Waals surface area (Å²) in [5, 5.41) is 9.20. The largest absolute Gasteiger partial charge is 0.479 e. The van der Waals surface area contributed by atoms with E-state index < -0.39 is 35.3 Å². The van der Waals surface area contributed by atoms with Crippen molar-refractivity contribution in [1.82, 2.24) is 5.32 Å². The van der Waals surface area contributed by atoms with Gasteiger partial charge in [-0.1, -0.05) is 0 Å². The highest BCUT2D eigenvalue weighted by Gasteiger charge is 2.62. The van der Waals surface area contributed by atoms with Crippen LogP contribution in [0, 0.1) is 0 Å². The first-order chi connectivity index (χ1) is 8.07. The number of aliphatic carboxylic acids is 1. The number of carboxylic acids is 1. The van der Waals surface area contributed by atoms with Crippen LogP contribution < -0.4 is 11.1 Å². The summed E-state index contributed by atoms with van der Waals surface area (Å²) < 4.78 is 74.5. The highest BCUT2D eigenvalue weighted by atomic mass is 19.4. The molecule has 0 saturated carbocycles. The lowest BCUT2D eigenvalue weighted by Crippen LogP contribution is -2.69. The fourth-order valence-corrected chi connectivity index (χ4v) is 0.731. The molecule has 19 heavy (non-hydrogen) atoms. The van der Waals surface area contributed by atoms with Crippen LogP contribution in [0.15, 0.2) is 0 Å². The summed E-state index contributed by atoms with van der Waals surface area (Å²) in [6.45, 7) is 0.140. The van der Waals surface area contributed by atoms with E-state index in [9.17, 15) is 35.9 Å². The molecule has 0 aliphatic carbocycles. The summed E-state index contributed by atoms with van der Waals surface area (Å²) >= 11 is 0. The normalized spacial score (nSPS) is 19.2. The molecule has 0 heterocycles. The molecule has 0 spiro atoms. The zero-order chi connectivity index (χ0) is 15.9. The van der Waals surface area contributed by atoms with E-state index in [1.165, 1.54) is 0 Å². The monoisotopic (exact) mass is 296 g/mol. The number of hydrogen-bond acceptors (Lipinski definition) is 3. The van der Waals surface area contributed by atoms with E-state index in [1.807, 2.05) is 0 Å². The predicted molar refractivity (Wildman–Crippen MR) is 48.9 cm³/mol. The molecule has 0 aliphatic rings. The first kappa shape index (κ1) is 17.5. The molecular weight excluding hydrogens is 286 g/mol. The summed E-state index contributed by atoms with van der Waals surface area (Å²) in [6.07, 6.45) is -10.8. The van der Waals surface area contributed by atoms with Crippen LogP contribution in [0.2, 0.25) is 0 Å². The Kier molecular flexibility index (Phi) is 4.18. The number of hydrogen-bond donors (Lipinski definition) is 3. The van der Waals surface area contributed by atoms with Crippen molar-refractivity contribution in [1.29, 1.82) is 0 Å². The Bertz CT molecular complexity index is 389. The number of nitrogens with two attached hydrogens (primary N) is 1. The summed E-state index contributed by atoms with van der Waals surface area (Å²) in [5.74, 6) is -4.87. The Labute approximate surface area is 102 Å². The number of halogens is 6. The van der Waals surface area contributed by atoms with Crippen LogP contribution in [0.3, 0.4) is 0 Å². The lowest BCUT2D eigenvalue weighted by molar-refractivity contribution is -0.214. The predicted octanol–water partition coefficient (Wildman–Crippen LogP) is 0.788. The lowest BCUT2D eigenvalue weighted by atomic mass is 9.96. The van der Waals surface area contributed by atoms with Crippen molar-refractivity contribution in [2.75, 3.05) is 0 Å². The van der Waals surface area contributed by atoms with Gasteiger partial charge in [0, 0.05) is 0 Å². The Morgan fingerprint density at radius 1 is 1.00 bits per heavy atom. The molecule has 112 valence electrons. The van der Waals surface area contributed by atoms with Crippen molar-refractivity contribution in [2.24, 2.45) is 5.73 Å². The van der Waals surface area contributed by atoms with E-state index in [2.05, 4.69) is 5.73 Å². The molecule has 11 heteroatoms. The molecule has 2 unspecified atom stereocenters.